The van der Waals surface area contributed by atoms with Crippen molar-refractivity contribution in [1.29, 1.82) is 5.26 Å². The van der Waals surface area contributed by atoms with Gasteiger partial charge in [-0.3, -0.25) is 0 Å². The summed E-state index contributed by atoms with van der Waals surface area (Å²) in [7, 11) is 0. The maximum absolute atomic E-state index is 12.9. The summed E-state index contributed by atoms with van der Waals surface area (Å²) in [5.74, 6) is -0.468. The zero-order valence-corrected chi connectivity index (χ0v) is 13.2. The molecule has 0 saturated heterocycles. The Kier molecular flexibility index (Phi) is 6.61. The van der Waals surface area contributed by atoms with Gasteiger partial charge >= 0.3 is 0 Å². The van der Waals surface area contributed by atoms with E-state index in [0.717, 1.165) is 32.1 Å². The Balaban J connectivity index is 1.74. The molecule has 22 heavy (non-hydrogen) atoms. The molecule has 1 aliphatic rings. The molecule has 0 spiro atoms. The minimum Gasteiger partial charge on any atom is -0.374 e. The van der Waals surface area contributed by atoms with E-state index < -0.39 is 5.83 Å². The van der Waals surface area contributed by atoms with Crippen LogP contribution < -0.4 is 0 Å². The van der Waals surface area contributed by atoms with Gasteiger partial charge in [0.2, 0.25) is 0 Å². The molecule has 2 rings (SSSR count). The van der Waals surface area contributed by atoms with E-state index in [1.165, 1.54) is 23.6 Å². The number of aryl methyl sites for hydroxylation is 1. The van der Waals surface area contributed by atoms with Crippen LogP contribution in [0.4, 0.5) is 4.39 Å². The highest BCUT2D eigenvalue weighted by atomic mass is 19.1. The fraction of sp³-hybridized carbons (Fsp3) is 0.526. The Bertz CT molecular complexity index is 521. The molecule has 3 heteroatoms. The van der Waals surface area contributed by atoms with Gasteiger partial charge in [0.15, 0.2) is 5.83 Å². The molecule has 0 atom stereocenters. The molecule has 1 aliphatic carbocycles. The summed E-state index contributed by atoms with van der Waals surface area (Å²) >= 11 is 0. The number of nitriles is 1. The predicted molar refractivity (Wildman–Crippen MR) is 85.8 cm³/mol. The summed E-state index contributed by atoms with van der Waals surface area (Å²) < 4.78 is 18.9. The van der Waals surface area contributed by atoms with Crippen molar-refractivity contribution in [3.05, 3.63) is 47.3 Å². The summed E-state index contributed by atoms with van der Waals surface area (Å²) in [6, 6.07) is 10.2. The largest absolute Gasteiger partial charge is 0.374 e. The fourth-order valence-electron chi connectivity index (χ4n) is 2.97. The maximum Gasteiger partial charge on any atom is 0.196 e. The molecular weight excluding hydrogens is 277 g/mol. The zero-order chi connectivity index (χ0) is 15.8. The van der Waals surface area contributed by atoms with Gasteiger partial charge in [-0.2, -0.15) is 9.65 Å². The molecule has 1 fully saturated rings. The first-order valence-corrected chi connectivity index (χ1v) is 8.18. The van der Waals surface area contributed by atoms with Crippen LogP contribution in [0, 0.1) is 17.2 Å². The second-order valence-electron chi connectivity index (χ2n) is 6.04. The molecule has 0 aromatic heterocycles. The SMILES string of the molecule is CCCc1ccc(COC2CCC(C=C(F)C#N)CC2)cc1. The molecule has 0 radical (unpaired) electrons. The van der Waals surface area contributed by atoms with Crippen molar-refractivity contribution in [2.24, 2.45) is 5.92 Å². The van der Waals surface area contributed by atoms with Gasteiger partial charge in [-0.1, -0.05) is 37.6 Å². The summed E-state index contributed by atoms with van der Waals surface area (Å²) in [5, 5.41) is 8.46. The standard InChI is InChI=1S/C19H24FNO/c1-2-3-15-4-6-17(7-5-15)14-22-19-10-8-16(9-11-19)12-18(20)13-21/h4-7,12,16,19H,2-3,8-11,14H2,1H3. The van der Waals surface area contributed by atoms with E-state index in [1.807, 2.05) is 0 Å². The van der Waals surface area contributed by atoms with Crippen LogP contribution in [0.5, 0.6) is 0 Å². The molecule has 0 unspecified atom stereocenters. The van der Waals surface area contributed by atoms with E-state index in [2.05, 4.69) is 31.2 Å². The van der Waals surface area contributed by atoms with Crippen LogP contribution in [0.3, 0.4) is 0 Å². The summed E-state index contributed by atoms with van der Waals surface area (Å²) in [5.41, 5.74) is 2.58. The van der Waals surface area contributed by atoms with Crippen molar-refractivity contribution in [1.82, 2.24) is 0 Å². The number of hydrogen-bond acceptors (Lipinski definition) is 2. The molecule has 0 amide bonds. The van der Waals surface area contributed by atoms with Crippen molar-refractivity contribution in [2.75, 3.05) is 0 Å². The quantitative estimate of drug-likeness (QED) is 0.685. The minimum atomic E-state index is -0.656. The van der Waals surface area contributed by atoms with E-state index in [4.69, 9.17) is 10.00 Å². The number of rotatable bonds is 6. The lowest BCUT2D eigenvalue weighted by Gasteiger charge is -2.26. The zero-order valence-electron chi connectivity index (χ0n) is 13.2. The molecule has 1 aromatic carbocycles. The number of halogens is 1. The van der Waals surface area contributed by atoms with Crippen LogP contribution >= 0.6 is 0 Å². The van der Waals surface area contributed by atoms with Crippen molar-refractivity contribution < 1.29 is 9.13 Å². The third-order valence-corrected chi connectivity index (χ3v) is 4.26. The summed E-state index contributed by atoms with van der Waals surface area (Å²) in [6.45, 7) is 2.83. The van der Waals surface area contributed by atoms with Crippen LogP contribution in [0.15, 0.2) is 36.2 Å². The van der Waals surface area contributed by atoms with Gasteiger partial charge in [0.25, 0.3) is 0 Å². The number of nitrogens with zero attached hydrogens (tertiary/aromatic N) is 1. The topological polar surface area (TPSA) is 33.0 Å². The second-order valence-corrected chi connectivity index (χ2v) is 6.04. The van der Waals surface area contributed by atoms with Crippen LogP contribution in [-0.4, -0.2) is 6.10 Å². The van der Waals surface area contributed by atoms with Gasteiger partial charge in [-0.25, -0.2) is 0 Å². The molecule has 118 valence electrons. The van der Waals surface area contributed by atoms with Gasteiger partial charge in [-0.05, 0) is 55.2 Å². The normalized spacial score (nSPS) is 22.3. The number of ether oxygens (including phenoxy) is 1. The van der Waals surface area contributed by atoms with E-state index >= 15 is 0 Å². The first kappa shape index (κ1) is 16.7. The van der Waals surface area contributed by atoms with E-state index in [0.29, 0.717) is 6.61 Å². The molecule has 0 heterocycles. The van der Waals surface area contributed by atoms with Crippen molar-refractivity contribution in [3.8, 4) is 6.07 Å². The van der Waals surface area contributed by atoms with Crippen LogP contribution in [0.1, 0.15) is 50.2 Å². The fourth-order valence-corrected chi connectivity index (χ4v) is 2.97. The highest BCUT2D eigenvalue weighted by molar-refractivity contribution is 5.22. The number of allylic oxidation sites excluding steroid dienone is 2. The lowest BCUT2D eigenvalue weighted by atomic mass is 9.87. The van der Waals surface area contributed by atoms with E-state index in [9.17, 15) is 4.39 Å². The van der Waals surface area contributed by atoms with E-state index in [-0.39, 0.29) is 12.0 Å². The van der Waals surface area contributed by atoms with Crippen LogP contribution in [0.2, 0.25) is 0 Å². The Morgan fingerprint density at radius 1 is 1.23 bits per heavy atom. The summed E-state index contributed by atoms with van der Waals surface area (Å²) in [6.07, 6.45) is 7.68. The third-order valence-electron chi connectivity index (χ3n) is 4.26. The lowest BCUT2D eigenvalue weighted by molar-refractivity contribution is 0.0109. The monoisotopic (exact) mass is 301 g/mol. The molecule has 0 N–H and O–H groups in total. The van der Waals surface area contributed by atoms with Gasteiger partial charge < -0.3 is 4.74 Å². The Morgan fingerprint density at radius 2 is 1.86 bits per heavy atom. The average molecular weight is 301 g/mol. The smallest absolute Gasteiger partial charge is 0.196 e. The molecule has 0 aliphatic heterocycles. The molecular formula is C19H24FNO. The van der Waals surface area contributed by atoms with Crippen LogP contribution in [-0.2, 0) is 17.8 Å². The minimum absolute atomic E-state index is 0.188. The Morgan fingerprint density at radius 3 is 2.45 bits per heavy atom. The van der Waals surface area contributed by atoms with Gasteiger partial charge in [-0.15, -0.1) is 0 Å². The molecule has 1 saturated carbocycles. The summed E-state index contributed by atoms with van der Waals surface area (Å²) in [4.78, 5) is 0. The van der Waals surface area contributed by atoms with Gasteiger partial charge in [0.05, 0.1) is 12.7 Å². The second kappa shape index (κ2) is 8.70. The molecule has 0 bridgehead atoms. The average Bonchev–Trinajstić information content (AvgIpc) is 2.56. The molecule has 2 nitrogen and oxygen atoms in total. The number of benzene rings is 1. The third kappa shape index (κ3) is 5.27. The van der Waals surface area contributed by atoms with Crippen LogP contribution in [0.25, 0.3) is 0 Å². The van der Waals surface area contributed by atoms with Gasteiger partial charge in [0, 0.05) is 0 Å². The highest BCUT2D eigenvalue weighted by Gasteiger charge is 2.20. The van der Waals surface area contributed by atoms with Crippen molar-refractivity contribution in [3.63, 3.8) is 0 Å². The highest BCUT2D eigenvalue weighted by Crippen LogP contribution is 2.28. The first-order chi connectivity index (χ1) is 10.7. The maximum atomic E-state index is 12.9. The Labute approximate surface area is 132 Å². The number of hydrogen-bond donors (Lipinski definition) is 0. The molecule has 1 aromatic rings. The van der Waals surface area contributed by atoms with Gasteiger partial charge in [0.1, 0.15) is 6.07 Å². The predicted octanol–water partition coefficient (Wildman–Crippen LogP) is 5.09. The Hall–Kier alpha value is -1.66. The van der Waals surface area contributed by atoms with Crippen molar-refractivity contribution >= 4 is 0 Å². The first-order valence-electron chi connectivity index (χ1n) is 8.18. The van der Waals surface area contributed by atoms with E-state index in [1.54, 1.807) is 6.07 Å². The van der Waals surface area contributed by atoms with Crippen molar-refractivity contribution in [2.45, 2.75) is 58.2 Å². The lowest BCUT2D eigenvalue weighted by Crippen LogP contribution is -2.20.